The molecule has 11 nitrogen and oxygen atoms in total. The average Bonchev–Trinajstić information content (AvgIpc) is 3.36. The van der Waals surface area contributed by atoms with E-state index >= 15 is 0 Å². The molecule has 2 saturated heterocycles. The zero-order chi connectivity index (χ0) is 25.0. The number of aryl methyl sites for hydroxylation is 1. The van der Waals surface area contributed by atoms with Crippen LogP contribution in [0.25, 0.3) is 0 Å². The number of ether oxygens (including phenoxy) is 3. The highest BCUT2D eigenvalue weighted by Crippen LogP contribution is 2.11. The van der Waals surface area contributed by atoms with Crippen molar-refractivity contribution in [1.82, 2.24) is 15.5 Å². The minimum Gasteiger partial charge on any atom is -0.444 e. The Bertz CT molecular complexity index is 816. The SMILES string of the molecule is O=C(N[C@H](CC(=O)N1CCOCC1)C(=O)N[C@@H](CCCc1ccccc1)B(O)O)O[C@@H]1CCOC1. The minimum atomic E-state index is -1.80. The summed E-state index contributed by atoms with van der Waals surface area (Å²) in [5.74, 6) is -1.97. The van der Waals surface area contributed by atoms with Crippen molar-refractivity contribution in [2.24, 2.45) is 0 Å². The van der Waals surface area contributed by atoms with Gasteiger partial charge in [0.05, 0.1) is 38.8 Å². The Balaban J connectivity index is 1.59. The van der Waals surface area contributed by atoms with Gasteiger partial charge in [-0.1, -0.05) is 30.3 Å². The quantitative estimate of drug-likeness (QED) is 0.307. The third-order valence-electron chi connectivity index (χ3n) is 6.02. The zero-order valence-corrected chi connectivity index (χ0v) is 19.8. The topological polar surface area (TPSA) is 147 Å². The van der Waals surface area contributed by atoms with Crippen LogP contribution in [-0.2, 0) is 30.2 Å². The number of alkyl carbamates (subject to hydrolysis) is 1. The normalized spacial score (nSPS) is 19.5. The Morgan fingerprint density at radius 2 is 1.83 bits per heavy atom. The maximum Gasteiger partial charge on any atom is 0.475 e. The molecule has 2 fully saturated rings. The van der Waals surface area contributed by atoms with Gasteiger partial charge in [0.25, 0.3) is 0 Å². The molecule has 0 aromatic heterocycles. The number of hydrogen-bond acceptors (Lipinski definition) is 8. The van der Waals surface area contributed by atoms with E-state index in [1.165, 1.54) is 0 Å². The lowest BCUT2D eigenvalue weighted by molar-refractivity contribution is -0.138. The first-order chi connectivity index (χ1) is 16.9. The lowest BCUT2D eigenvalue weighted by Gasteiger charge is -2.29. The number of morpholine rings is 1. The second-order valence-corrected chi connectivity index (χ2v) is 8.69. The Morgan fingerprint density at radius 3 is 2.49 bits per heavy atom. The Labute approximate surface area is 205 Å². The first-order valence-corrected chi connectivity index (χ1v) is 12.0. The molecule has 1 aromatic rings. The van der Waals surface area contributed by atoms with E-state index in [2.05, 4.69) is 10.6 Å². The van der Waals surface area contributed by atoms with Crippen LogP contribution in [0.3, 0.4) is 0 Å². The molecule has 35 heavy (non-hydrogen) atoms. The Hall–Kier alpha value is -2.67. The highest BCUT2D eigenvalue weighted by atomic mass is 16.6. The van der Waals surface area contributed by atoms with Crippen molar-refractivity contribution < 1.29 is 38.6 Å². The van der Waals surface area contributed by atoms with Crippen molar-refractivity contribution in [2.45, 2.75) is 50.2 Å². The van der Waals surface area contributed by atoms with E-state index in [4.69, 9.17) is 14.2 Å². The van der Waals surface area contributed by atoms with Crippen LogP contribution < -0.4 is 10.6 Å². The lowest BCUT2D eigenvalue weighted by Crippen LogP contribution is -2.55. The molecule has 0 saturated carbocycles. The molecular formula is C23H34BN3O8. The van der Waals surface area contributed by atoms with Gasteiger partial charge in [0.1, 0.15) is 12.1 Å². The smallest absolute Gasteiger partial charge is 0.444 e. The third kappa shape index (κ3) is 9.13. The molecule has 0 radical (unpaired) electrons. The van der Waals surface area contributed by atoms with Gasteiger partial charge in [0.2, 0.25) is 11.8 Å². The van der Waals surface area contributed by atoms with Crippen molar-refractivity contribution in [1.29, 1.82) is 0 Å². The molecule has 2 aliphatic rings. The molecule has 3 rings (SSSR count). The highest BCUT2D eigenvalue weighted by molar-refractivity contribution is 6.43. The molecule has 4 N–H and O–H groups in total. The van der Waals surface area contributed by atoms with Gasteiger partial charge in [-0.25, -0.2) is 4.79 Å². The second kappa shape index (κ2) is 14.0. The van der Waals surface area contributed by atoms with Crippen molar-refractivity contribution >= 4 is 25.0 Å². The second-order valence-electron chi connectivity index (χ2n) is 8.69. The monoisotopic (exact) mass is 491 g/mol. The first kappa shape index (κ1) is 26.9. The molecule has 0 unspecified atom stereocenters. The van der Waals surface area contributed by atoms with Crippen LogP contribution in [-0.4, -0.2) is 97.6 Å². The van der Waals surface area contributed by atoms with Gasteiger partial charge in [0.15, 0.2) is 0 Å². The summed E-state index contributed by atoms with van der Waals surface area (Å²) in [6.07, 6.45) is 0.608. The van der Waals surface area contributed by atoms with Crippen molar-refractivity contribution in [2.75, 3.05) is 39.5 Å². The van der Waals surface area contributed by atoms with E-state index in [1.54, 1.807) is 4.90 Å². The number of nitrogens with zero attached hydrogens (tertiary/aromatic N) is 1. The van der Waals surface area contributed by atoms with Crippen LogP contribution >= 0.6 is 0 Å². The Morgan fingerprint density at radius 1 is 1.09 bits per heavy atom. The van der Waals surface area contributed by atoms with Crippen molar-refractivity contribution in [3.63, 3.8) is 0 Å². The van der Waals surface area contributed by atoms with Crippen LogP contribution in [0.4, 0.5) is 4.79 Å². The van der Waals surface area contributed by atoms with Gasteiger partial charge < -0.3 is 39.8 Å². The number of rotatable bonds is 11. The maximum atomic E-state index is 13.1. The number of carbonyl (C=O) groups excluding carboxylic acids is 3. The molecule has 0 bridgehead atoms. The predicted octanol–water partition coefficient (Wildman–Crippen LogP) is -0.361. The van der Waals surface area contributed by atoms with Gasteiger partial charge in [0, 0.05) is 19.5 Å². The minimum absolute atomic E-state index is 0.275. The summed E-state index contributed by atoms with van der Waals surface area (Å²) < 4.78 is 15.7. The number of nitrogens with one attached hydrogen (secondary N) is 2. The molecule has 12 heteroatoms. The fourth-order valence-corrected chi connectivity index (χ4v) is 4.01. The molecule has 192 valence electrons. The van der Waals surface area contributed by atoms with Gasteiger partial charge in [-0.15, -0.1) is 0 Å². The summed E-state index contributed by atoms with van der Waals surface area (Å²) >= 11 is 0. The third-order valence-corrected chi connectivity index (χ3v) is 6.02. The van der Waals surface area contributed by atoms with Gasteiger partial charge >= 0.3 is 13.2 Å². The predicted molar refractivity (Wildman–Crippen MR) is 126 cm³/mol. The van der Waals surface area contributed by atoms with Crippen molar-refractivity contribution in [3.8, 4) is 0 Å². The standard InChI is InChI=1S/C23H34BN3O8/c28-21(27-10-13-33-14-11-27)15-19(25-23(30)35-18-9-12-34-16-18)22(29)26-20(24(31)32)8-4-7-17-5-2-1-3-6-17/h1-3,5-6,18-20,31-32H,4,7-16H2,(H,25,30)(H,26,29)/t18-,19-,20+/m1/s1. The van der Waals surface area contributed by atoms with Gasteiger partial charge in [-0.05, 0) is 24.8 Å². The number of benzene rings is 1. The zero-order valence-electron chi connectivity index (χ0n) is 19.8. The average molecular weight is 491 g/mol. The summed E-state index contributed by atoms with van der Waals surface area (Å²) in [5, 5.41) is 24.7. The summed E-state index contributed by atoms with van der Waals surface area (Å²) in [5.41, 5.74) is 1.10. The fourth-order valence-electron chi connectivity index (χ4n) is 4.01. The van der Waals surface area contributed by atoms with Gasteiger partial charge in [-0.2, -0.15) is 0 Å². The lowest BCUT2D eigenvalue weighted by atomic mass is 9.76. The summed E-state index contributed by atoms with van der Waals surface area (Å²) in [7, 11) is -1.80. The van der Waals surface area contributed by atoms with E-state index in [-0.39, 0.29) is 18.9 Å². The molecule has 0 spiro atoms. The molecule has 2 heterocycles. The van der Waals surface area contributed by atoms with E-state index in [9.17, 15) is 24.4 Å². The van der Waals surface area contributed by atoms with Crippen molar-refractivity contribution in [3.05, 3.63) is 35.9 Å². The molecule has 2 aliphatic heterocycles. The number of amides is 3. The summed E-state index contributed by atoms with van der Waals surface area (Å²) in [6.45, 7) is 2.36. The van der Waals surface area contributed by atoms with Crippen LogP contribution in [0, 0.1) is 0 Å². The maximum absolute atomic E-state index is 13.1. The van der Waals surface area contributed by atoms with E-state index in [0.29, 0.717) is 58.6 Å². The fraction of sp³-hybridized carbons (Fsp3) is 0.609. The van der Waals surface area contributed by atoms with Gasteiger partial charge in [-0.3, -0.25) is 9.59 Å². The molecule has 3 atom stereocenters. The highest BCUT2D eigenvalue weighted by Gasteiger charge is 2.33. The molecule has 0 aliphatic carbocycles. The number of carbonyl (C=O) groups is 3. The first-order valence-electron chi connectivity index (χ1n) is 12.0. The van der Waals surface area contributed by atoms with E-state index < -0.39 is 37.2 Å². The molecular weight excluding hydrogens is 457 g/mol. The molecule has 3 amide bonds. The summed E-state index contributed by atoms with van der Waals surface area (Å²) in [6, 6.07) is 8.47. The number of hydrogen-bond donors (Lipinski definition) is 4. The van der Waals surface area contributed by atoms with Crippen LogP contribution in [0.2, 0.25) is 0 Å². The van der Waals surface area contributed by atoms with Crippen LogP contribution in [0.15, 0.2) is 30.3 Å². The summed E-state index contributed by atoms with van der Waals surface area (Å²) in [4.78, 5) is 39.8. The Kier molecular flexibility index (Phi) is 10.8. The largest absolute Gasteiger partial charge is 0.475 e. The van der Waals surface area contributed by atoms with Crippen LogP contribution in [0.1, 0.15) is 31.2 Å². The van der Waals surface area contributed by atoms with Crippen LogP contribution in [0.5, 0.6) is 0 Å². The van der Waals surface area contributed by atoms with E-state index in [1.807, 2.05) is 30.3 Å². The molecule has 1 aromatic carbocycles. The van der Waals surface area contributed by atoms with E-state index in [0.717, 1.165) is 5.56 Å².